The molecule has 4 rings (SSSR count). The fourth-order valence-electron chi connectivity index (χ4n) is 4.55. The molecule has 8 nitrogen and oxygen atoms in total. The summed E-state index contributed by atoms with van der Waals surface area (Å²) >= 11 is 0. The largest absolute Gasteiger partial charge is 0.496 e. The first kappa shape index (κ1) is 24.7. The summed E-state index contributed by atoms with van der Waals surface area (Å²) in [6.45, 7) is 5.47. The van der Waals surface area contributed by atoms with E-state index in [0.717, 1.165) is 73.8 Å². The smallest absolute Gasteiger partial charge is 0.224 e. The van der Waals surface area contributed by atoms with Gasteiger partial charge in [-0.25, -0.2) is 4.98 Å². The highest BCUT2D eigenvalue weighted by atomic mass is 16.5. The van der Waals surface area contributed by atoms with Crippen molar-refractivity contribution in [3.63, 3.8) is 0 Å². The summed E-state index contributed by atoms with van der Waals surface area (Å²) in [6.07, 6.45) is 4.22. The van der Waals surface area contributed by atoms with Crippen LogP contribution in [0.4, 0.5) is 5.69 Å². The second-order valence-corrected chi connectivity index (χ2v) is 9.06. The third-order valence-electron chi connectivity index (χ3n) is 6.50. The molecule has 2 heterocycles. The van der Waals surface area contributed by atoms with E-state index in [4.69, 9.17) is 4.74 Å². The van der Waals surface area contributed by atoms with Crippen LogP contribution in [0.3, 0.4) is 0 Å². The lowest BCUT2D eigenvalue weighted by Crippen LogP contribution is -2.43. The van der Waals surface area contributed by atoms with Gasteiger partial charge in [-0.15, -0.1) is 0 Å². The molecule has 8 heteroatoms. The first-order valence-electron chi connectivity index (χ1n) is 12.4. The number of anilines is 1. The zero-order valence-electron chi connectivity index (χ0n) is 20.7. The van der Waals surface area contributed by atoms with E-state index in [-0.39, 0.29) is 5.91 Å². The average Bonchev–Trinajstić information content (AvgIpc) is 3.30. The minimum absolute atomic E-state index is 0.0414. The first-order chi connectivity index (χ1) is 17.1. The molecule has 1 fully saturated rings. The SMILES string of the molecule is COc1ccccc1CCNC(=O)Cc1ccc(N2CCC(NCCc3n[nH]c(C)n3)CC2)cc1. The molecule has 1 aliphatic rings. The molecular weight excluding hydrogens is 440 g/mol. The highest BCUT2D eigenvalue weighted by molar-refractivity contribution is 5.78. The highest BCUT2D eigenvalue weighted by Gasteiger charge is 2.19. The molecule has 0 radical (unpaired) electrons. The number of aryl methyl sites for hydroxylation is 1. The van der Waals surface area contributed by atoms with Crippen molar-refractivity contribution in [2.75, 3.05) is 38.2 Å². The lowest BCUT2D eigenvalue weighted by atomic mass is 10.0. The first-order valence-corrected chi connectivity index (χ1v) is 12.4. The summed E-state index contributed by atoms with van der Waals surface area (Å²) < 4.78 is 5.37. The van der Waals surface area contributed by atoms with E-state index in [1.165, 1.54) is 5.69 Å². The van der Waals surface area contributed by atoms with Crippen LogP contribution in [0.25, 0.3) is 0 Å². The van der Waals surface area contributed by atoms with Crippen molar-refractivity contribution in [2.45, 2.75) is 45.1 Å². The van der Waals surface area contributed by atoms with Gasteiger partial charge >= 0.3 is 0 Å². The summed E-state index contributed by atoms with van der Waals surface area (Å²) in [6, 6.07) is 16.9. The number of nitrogens with one attached hydrogen (secondary N) is 3. The van der Waals surface area contributed by atoms with Crippen molar-refractivity contribution >= 4 is 11.6 Å². The fraction of sp³-hybridized carbons (Fsp3) is 0.444. The minimum atomic E-state index is 0.0414. The summed E-state index contributed by atoms with van der Waals surface area (Å²) in [5.74, 6) is 2.64. The topological polar surface area (TPSA) is 95.2 Å². The maximum Gasteiger partial charge on any atom is 0.224 e. The molecule has 186 valence electrons. The summed E-state index contributed by atoms with van der Waals surface area (Å²) in [4.78, 5) is 19.2. The van der Waals surface area contributed by atoms with E-state index >= 15 is 0 Å². The van der Waals surface area contributed by atoms with Crippen LogP contribution in [0.5, 0.6) is 5.75 Å². The molecule has 1 aliphatic heterocycles. The Morgan fingerprint density at radius 1 is 1.09 bits per heavy atom. The van der Waals surface area contributed by atoms with Gasteiger partial charge < -0.3 is 20.3 Å². The Balaban J connectivity index is 1.15. The molecule has 2 aromatic carbocycles. The van der Waals surface area contributed by atoms with Crippen molar-refractivity contribution in [2.24, 2.45) is 0 Å². The van der Waals surface area contributed by atoms with Gasteiger partial charge in [0.1, 0.15) is 11.6 Å². The monoisotopic (exact) mass is 476 g/mol. The van der Waals surface area contributed by atoms with Gasteiger partial charge in [0, 0.05) is 44.3 Å². The van der Waals surface area contributed by atoms with Gasteiger partial charge in [-0.3, -0.25) is 9.89 Å². The van der Waals surface area contributed by atoms with Gasteiger partial charge in [0.2, 0.25) is 5.91 Å². The number of hydrogen-bond donors (Lipinski definition) is 3. The van der Waals surface area contributed by atoms with E-state index in [2.05, 4.69) is 55.0 Å². The maximum absolute atomic E-state index is 12.4. The predicted octanol–water partition coefficient (Wildman–Crippen LogP) is 2.82. The summed E-state index contributed by atoms with van der Waals surface area (Å²) in [5, 5.41) is 13.8. The van der Waals surface area contributed by atoms with Crippen LogP contribution in [0.15, 0.2) is 48.5 Å². The van der Waals surface area contributed by atoms with Gasteiger partial charge in [-0.2, -0.15) is 5.10 Å². The number of para-hydroxylation sites is 1. The second kappa shape index (κ2) is 12.4. The van der Waals surface area contributed by atoms with E-state index in [0.29, 0.717) is 19.0 Å². The number of rotatable bonds is 11. The van der Waals surface area contributed by atoms with Gasteiger partial charge in [0.15, 0.2) is 5.82 Å². The second-order valence-electron chi connectivity index (χ2n) is 9.06. The fourth-order valence-corrected chi connectivity index (χ4v) is 4.55. The van der Waals surface area contributed by atoms with E-state index < -0.39 is 0 Å². The van der Waals surface area contributed by atoms with Crippen LogP contribution in [0, 0.1) is 6.92 Å². The molecule has 0 spiro atoms. The molecule has 0 unspecified atom stereocenters. The molecular formula is C27H36N6O2. The molecule has 1 aromatic heterocycles. The Morgan fingerprint density at radius 2 is 1.86 bits per heavy atom. The highest BCUT2D eigenvalue weighted by Crippen LogP contribution is 2.21. The van der Waals surface area contributed by atoms with Gasteiger partial charge in [-0.1, -0.05) is 30.3 Å². The molecule has 1 saturated heterocycles. The van der Waals surface area contributed by atoms with Gasteiger partial charge in [0.25, 0.3) is 0 Å². The quantitative estimate of drug-likeness (QED) is 0.394. The molecule has 0 bridgehead atoms. The minimum Gasteiger partial charge on any atom is -0.496 e. The molecule has 3 aromatic rings. The Morgan fingerprint density at radius 3 is 2.57 bits per heavy atom. The molecule has 0 aliphatic carbocycles. The lowest BCUT2D eigenvalue weighted by molar-refractivity contribution is -0.120. The van der Waals surface area contributed by atoms with E-state index in [1.807, 2.05) is 31.2 Å². The molecule has 0 saturated carbocycles. The number of methoxy groups -OCH3 is 1. The number of piperidine rings is 1. The Bertz CT molecular complexity index is 1070. The van der Waals surface area contributed by atoms with Crippen LogP contribution in [0.1, 0.15) is 35.6 Å². The number of ether oxygens (including phenoxy) is 1. The molecule has 1 amide bonds. The van der Waals surface area contributed by atoms with Crippen molar-refractivity contribution in [3.8, 4) is 5.75 Å². The number of carbonyl (C=O) groups is 1. The molecule has 0 atom stereocenters. The van der Waals surface area contributed by atoms with Gasteiger partial charge in [0.05, 0.1) is 13.5 Å². The normalized spacial score (nSPS) is 14.2. The van der Waals surface area contributed by atoms with Crippen LogP contribution < -0.4 is 20.3 Å². The molecule has 3 N–H and O–H groups in total. The van der Waals surface area contributed by atoms with Crippen molar-refractivity contribution in [1.29, 1.82) is 0 Å². The standard InChI is InChI=1S/C27H36N6O2/c1-20-30-26(32-31-20)12-16-28-23-13-17-33(18-14-23)24-9-7-21(8-10-24)19-27(34)29-15-11-22-5-3-4-6-25(22)35-2/h3-10,23,28H,11-19H2,1-2H3,(H,29,34)(H,30,31,32). The van der Waals surface area contributed by atoms with Crippen LogP contribution >= 0.6 is 0 Å². The number of aromatic amines is 1. The van der Waals surface area contributed by atoms with Crippen LogP contribution in [-0.2, 0) is 24.1 Å². The molecule has 35 heavy (non-hydrogen) atoms. The predicted molar refractivity (Wildman–Crippen MR) is 138 cm³/mol. The number of aromatic nitrogens is 3. The zero-order valence-corrected chi connectivity index (χ0v) is 20.7. The average molecular weight is 477 g/mol. The van der Waals surface area contributed by atoms with E-state index in [1.54, 1.807) is 7.11 Å². The van der Waals surface area contributed by atoms with Crippen LogP contribution in [-0.4, -0.2) is 60.4 Å². The maximum atomic E-state index is 12.4. The third kappa shape index (κ3) is 7.29. The van der Waals surface area contributed by atoms with Crippen molar-refractivity contribution in [3.05, 3.63) is 71.3 Å². The van der Waals surface area contributed by atoms with Crippen molar-refractivity contribution < 1.29 is 9.53 Å². The van der Waals surface area contributed by atoms with Crippen LogP contribution in [0.2, 0.25) is 0 Å². The number of carbonyl (C=O) groups excluding carboxylic acids is 1. The number of H-pyrrole nitrogens is 1. The Kier molecular flexibility index (Phi) is 8.73. The lowest BCUT2D eigenvalue weighted by Gasteiger charge is -2.34. The number of amides is 1. The third-order valence-corrected chi connectivity index (χ3v) is 6.50. The Labute approximate surface area is 207 Å². The zero-order chi connectivity index (χ0) is 24.5. The van der Waals surface area contributed by atoms with Crippen molar-refractivity contribution in [1.82, 2.24) is 25.8 Å². The van der Waals surface area contributed by atoms with Gasteiger partial charge in [-0.05, 0) is 55.5 Å². The Hall–Kier alpha value is -3.39. The summed E-state index contributed by atoms with van der Waals surface area (Å²) in [5.41, 5.74) is 3.35. The number of benzene rings is 2. The van der Waals surface area contributed by atoms with E-state index in [9.17, 15) is 4.79 Å². The number of nitrogens with zero attached hydrogens (tertiary/aromatic N) is 3. The number of hydrogen-bond acceptors (Lipinski definition) is 6. The summed E-state index contributed by atoms with van der Waals surface area (Å²) in [7, 11) is 1.67.